The summed E-state index contributed by atoms with van der Waals surface area (Å²) in [6.45, 7) is 1.45. The van der Waals surface area contributed by atoms with E-state index in [1.54, 1.807) is 12.1 Å². The minimum Gasteiger partial charge on any atom is -0.399 e. The van der Waals surface area contributed by atoms with Crippen molar-refractivity contribution in [3.8, 4) is 0 Å². The van der Waals surface area contributed by atoms with Gasteiger partial charge in [0.15, 0.2) is 0 Å². The van der Waals surface area contributed by atoms with Crippen LogP contribution in [-0.4, -0.2) is 61.3 Å². The fourth-order valence-electron chi connectivity index (χ4n) is 4.24. The third kappa shape index (κ3) is 9.52. The second-order valence-corrected chi connectivity index (χ2v) is 9.96. The molecule has 0 saturated heterocycles. The van der Waals surface area contributed by atoms with Gasteiger partial charge in [0.2, 0.25) is 35.7 Å². The highest BCUT2D eigenvalue weighted by atomic mass is 16.3. The zero-order valence-corrected chi connectivity index (χ0v) is 24.5. The fraction of sp³-hybridized carbons (Fsp3) is 0.200. The van der Waals surface area contributed by atoms with Gasteiger partial charge in [-0.05, 0) is 66.4 Å². The number of aromatic nitrogens is 6. The molecule has 12 N–H and O–H groups in total. The van der Waals surface area contributed by atoms with Crippen molar-refractivity contribution in [1.82, 2.24) is 29.9 Å². The monoisotopic (exact) mass is 608 g/mol. The number of hydrogen-bond donors (Lipinski definition) is 9. The van der Waals surface area contributed by atoms with Gasteiger partial charge in [0.1, 0.15) is 0 Å². The van der Waals surface area contributed by atoms with E-state index < -0.39 is 0 Å². The molecule has 0 spiro atoms. The molecular formula is C30H36N14O. The van der Waals surface area contributed by atoms with Crippen LogP contribution < -0.4 is 43.8 Å². The summed E-state index contributed by atoms with van der Waals surface area (Å²) in [6.07, 6.45) is 1.49. The van der Waals surface area contributed by atoms with E-state index in [1.165, 1.54) is 0 Å². The van der Waals surface area contributed by atoms with Gasteiger partial charge in [0, 0.05) is 42.4 Å². The Morgan fingerprint density at radius 1 is 0.511 bits per heavy atom. The smallest absolute Gasteiger partial charge is 0.233 e. The largest absolute Gasteiger partial charge is 0.399 e. The summed E-state index contributed by atoms with van der Waals surface area (Å²) >= 11 is 0. The lowest BCUT2D eigenvalue weighted by molar-refractivity contribution is 0.311. The van der Waals surface area contributed by atoms with Gasteiger partial charge in [-0.1, -0.05) is 30.3 Å². The first-order valence-corrected chi connectivity index (χ1v) is 14.3. The number of rotatable bonds is 15. The second kappa shape index (κ2) is 15.0. The molecule has 5 aromatic rings. The topological polar surface area (TPSA) is 236 Å². The number of aliphatic hydroxyl groups excluding tert-OH is 1. The average molecular weight is 609 g/mol. The number of nitrogens with zero attached hydrogens (tertiary/aromatic N) is 6. The number of hydrogen-bond acceptors (Lipinski definition) is 15. The molecule has 0 bridgehead atoms. The molecule has 0 aliphatic rings. The van der Waals surface area contributed by atoms with Crippen LogP contribution in [0.2, 0.25) is 0 Å². The molecular weight excluding hydrogens is 572 g/mol. The zero-order valence-electron chi connectivity index (χ0n) is 24.5. The van der Waals surface area contributed by atoms with Crippen molar-refractivity contribution in [2.75, 3.05) is 70.0 Å². The third-order valence-corrected chi connectivity index (χ3v) is 6.41. The number of nitrogens with two attached hydrogens (primary N) is 3. The van der Waals surface area contributed by atoms with Gasteiger partial charge in [-0.15, -0.1) is 0 Å². The fourth-order valence-corrected chi connectivity index (χ4v) is 4.24. The summed E-state index contributed by atoms with van der Waals surface area (Å²) in [5.41, 5.74) is 22.7. The predicted molar refractivity (Wildman–Crippen MR) is 179 cm³/mol. The van der Waals surface area contributed by atoms with E-state index in [1.807, 2.05) is 60.7 Å². The lowest BCUT2D eigenvalue weighted by Crippen LogP contribution is -2.14. The van der Waals surface area contributed by atoms with Crippen LogP contribution >= 0.6 is 0 Å². The standard InChI is InChI=1S/C30H36N14O/c31-21-8-4-19(5-9-21)12-14-34-26-39-25(33)40-29(42-26)37-23-10-6-20(7-11-23)13-15-35-27-41-28(36-16-17-45)44-30(43-27)38-24-3-1-2-22(32)18-24/h1-11,18,45H,12-17,31-32H2,(H4,33,34,37,39,40,42)(H3,35,36,38,41,43,44). The van der Waals surface area contributed by atoms with E-state index in [0.29, 0.717) is 61.5 Å². The summed E-state index contributed by atoms with van der Waals surface area (Å²) < 4.78 is 0. The molecule has 45 heavy (non-hydrogen) atoms. The molecule has 2 aromatic heterocycles. The molecule has 0 fully saturated rings. The van der Waals surface area contributed by atoms with E-state index >= 15 is 0 Å². The molecule has 232 valence electrons. The number of nitrogen functional groups attached to an aromatic ring is 3. The number of benzene rings is 3. The van der Waals surface area contributed by atoms with Gasteiger partial charge in [0.25, 0.3) is 0 Å². The van der Waals surface area contributed by atoms with Gasteiger partial charge in [0.05, 0.1) is 6.61 Å². The first kappa shape index (κ1) is 30.5. The Balaban J connectivity index is 1.14. The van der Waals surface area contributed by atoms with Gasteiger partial charge >= 0.3 is 0 Å². The molecule has 0 unspecified atom stereocenters. The van der Waals surface area contributed by atoms with Gasteiger partial charge in [-0.25, -0.2) is 0 Å². The number of nitrogens with one attached hydrogen (secondary N) is 5. The Kier molecular flexibility index (Phi) is 10.1. The second-order valence-electron chi connectivity index (χ2n) is 9.96. The van der Waals surface area contributed by atoms with E-state index in [-0.39, 0.29) is 12.6 Å². The molecule has 15 heteroatoms. The van der Waals surface area contributed by atoms with Crippen LogP contribution in [0.4, 0.5) is 58.4 Å². The van der Waals surface area contributed by atoms with Crippen LogP contribution in [0.1, 0.15) is 11.1 Å². The minimum absolute atomic E-state index is 0.0543. The maximum Gasteiger partial charge on any atom is 0.233 e. The van der Waals surface area contributed by atoms with Crippen molar-refractivity contribution in [2.24, 2.45) is 0 Å². The van der Waals surface area contributed by atoms with Crippen molar-refractivity contribution >= 4 is 58.4 Å². The third-order valence-electron chi connectivity index (χ3n) is 6.41. The van der Waals surface area contributed by atoms with E-state index in [2.05, 4.69) is 56.5 Å². The first-order valence-electron chi connectivity index (χ1n) is 14.3. The quantitative estimate of drug-likeness (QED) is 0.0777. The molecule has 0 atom stereocenters. The summed E-state index contributed by atoms with van der Waals surface area (Å²) in [5, 5.41) is 24.9. The molecule has 0 amide bonds. The molecule has 2 heterocycles. The Bertz CT molecular complexity index is 1680. The van der Waals surface area contributed by atoms with Crippen LogP contribution in [0.3, 0.4) is 0 Å². The van der Waals surface area contributed by atoms with Crippen molar-refractivity contribution in [1.29, 1.82) is 0 Å². The summed E-state index contributed by atoms with van der Waals surface area (Å²) in [4.78, 5) is 26.1. The lowest BCUT2D eigenvalue weighted by Gasteiger charge is -2.12. The molecule has 3 aromatic carbocycles. The van der Waals surface area contributed by atoms with E-state index in [0.717, 1.165) is 34.6 Å². The van der Waals surface area contributed by atoms with Crippen LogP contribution in [0.25, 0.3) is 0 Å². The molecule has 0 saturated carbocycles. The molecule has 5 rings (SSSR count). The number of aliphatic hydroxyl groups is 1. The zero-order chi connectivity index (χ0) is 31.4. The average Bonchev–Trinajstić information content (AvgIpc) is 3.02. The van der Waals surface area contributed by atoms with Gasteiger partial charge in [-0.3, -0.25) is 0 Å². The molecule has 0 aliphatic heterocycles. The molecule has 0 radical (unpaired) electrons. The molecule has 15 nitrogen and oxygen atoms in total. The van der Waals surface area contributed by atoms with E-state index in [4.69, 9.17) is 17.2 Å². The Morgan fingerprint density at radius 2 is 1.02 bits per heavy atom. The van der Waals surface area contributed by atoms with Crippen molar-refractivity contribution in [3.05, 3.63) is 83.9 Å². The van der Waals surface area contributed by atoms with Crippen molar-refractivity contribution in [3.63, 3.8) is 0 Å². The Labute approximate surface area is 260 Å². The maximum absolute atomic E-state index is 9.20. The highest BCUT2D eigenvalue weighted by Crippen LogP contribution is 2.19. The van der Waals surface area contributed by atoms with Crippen LogP contribution in [-0.2, 0) is 12.8 Å². The first-order chi connectivity index (χ1) is 21.9. The summed E-state index contributed by atoms with van der Waals surface area (Å²) in [5.74, 6) is 1.91. The van der Waals surface area contributed by atoms with Crippen LogP contribution in [0.5, 0.6) is 0 Å². The lowest BCUT2D eigenvalue weighted by atomic mass is 10.1. The minimum atomic E-state index is -0.0543. The van der Waals surface area contributed by atoms with Gasteiger partial charge < -0.3 is 48.9 Å². The maximum atomic E-state index is 9.20. The SMILES string of the molecule is Nc1ccc(CCNc2nc(N)nc(Nc3ccc(CCNc4nc(NCCO)nc(Nc5cccc(N)c5)n4)cc3)n2)cc1. The Hall–Kier alpha value is -5.96. The summed E-state index contributed by atoms with van der Waals surface area (Å²) in [7, 11) is 0. The molecule has 0 aliphatic carbocycles. The normalized spacial score (nSPS) is 10.7. The predicted octanol–water partition coefficient (Wildman–Crippen LogP) is 3.00. The van der Waals surface area contributed by atoms with Crippen molar-refractivity contribution in [2.45, 2.75) is 12.8 Å². The number of anilines is 10. The van der Waals surface area contributed by atoms with Crippen LogP contribution in [0.15, 0.2) is 72.8 Å². The van der Waals surface area contributed by atoms with Crippen molar-refractivity contribution < 1.29 is 5.11 Å². The highest BCUT2D eigenvalue weighted by Gasteiger charge is 2.09. The Morgan fingerprint density at radius 3 is 1.64 bits per heavy atom. The summed E-state index contributed by atoms with van der Waals surface area (Å²) in [6, 6.07) is 22.9. The van der Waals surface area contributed by atoms with E-state index in [9.17, 15) is 5.11 Å². The van der Waals surface area contributed by atoms with Gasteiger partial charge in [-0.2, -0.15) is 29.9 Å². The highest BCUT2D eigenvalue weighted by molar-refractivity contribution is 5.61. The van der Waals surface area contributed by atoms with Crippen LogP contribution in [0, 0.1) is 0 Å².